The van der Waals surface area contributed by atoms with Crippen LogP contribution in [0.15, 0.2) is 0 Å². The molecule has 0 bridgehead atoms. The summed E-state index contributed by atoms with van der Waals surface area (Å²) < 4.78 is 26.6. The van der Waals surface area contributed by atoms with Gasteiger partial charge in [-0.3, -0.25) is 0 Å². The number of rotatable bonds is 1. The van der Waals surface area contributed by atoms with Crippen molar-refractivity contribution in [2.45, 2.75) is 17.6 Å². The van der Waals surface area contributed by atoms with Crippen molar-refractivity contribution in [3.63, 3.8) is 0 Å². The van der Waals surface area contributed by atoms with Crippen LogP contribution < -0.4 is 0 Å². The first-order chi connectivity index (χ1) is 5.93. The van der Waals surface area contributed by atoms with E-state index in [9.17, 15) is 8.42 Å². The Kier molecular flexibility index (Phi) is 1.55. The second kappa shape index (κ2) is 2.25. The molecular formula is C8H11NO3S. The van der Waals surface area contributed by atoms with E-state index >= 15 is 0 Å². The largest absolute Gasteiger partial charge is 0.380 e. The van der Waals surface area contributed by atoms with Crippen molar-refractivity contribution < 1.29 is 13.2 Å². The molecule has 1 aliphatic carbocycles. The van der Waals surface area contributed by atoms with Crippen molar-refractivity contribution in [3.8, 4) is 6.07 Å². The van der Waals surface area contributed by atoms with E-state index in [0.29, 0.717) is 26.1 Å². The van der Waals surface area contributed by atoms with Crippen LogP contribution in [0.2, 0.25) is 0 Å². The van der Waals surface area contributed by atoms with Crippen LogP contribution in [0.4, 0.5) is 0 Å². The fourth-order valence-electron chi connectivity index (χ4n) is 2.18. The molecule has 1 spiro atoms. The minimum Gasteiger partial charge on any atom is -0.380 e. The molecule has 0 atom stereocenters. The van der Waals surface area contributed by atoms with Gasteiger partial charge < -0.3 is 4.74 Å². The second-order valence-electron chi connectivity index (χ2n) is 4.22. The average molecular weight is 201 g/mol. The van der Waals surface area contributed by atoms with Gasteiger partial charge in [0.15, 0.2) is 14.6 Å². The highest BCUT2D eigenvalue weighted by atomic mass is 32.2. The zero-order valence-electron chi connectivity index (χ0n) is 7.41. The molecule has 2 aliphatic rings. The monoisotopic (exact) mass is 201 g/mol. The Morgan fingerprint density at radius 3 is 2.15 bits per heavy atom. The van der Waals surface area contributed by atoms with E-state index in [2.05, 4.69) is 0 Å². The predicted molar refractivity (Wildman–Crippen MR) is 45.7 cm³/mol. The van der Waals surface area contributed by atoms with Gasteiger partial charge in [-0.2, -0.15) is 5.26 Å². The topological polar surface area (TPSA) is 67.2 Å². The Bertz CT molecular complexity index is 367. The quantitative estimate of drug-likeness (QED) is 0.603. The van der Waals surface area contributed by atoms with E-state index in [1.54, 1.807) is 0 Å². The molecule has 0 amide bonds. The molecule has 0 radical (unpaired) electrons. The van der Waals surface area contributed by atoms with E-state index in [4.69, 9.17) is 10.00 Å². The van der Waals surface area contributed by atoms with Gasteiger partial charge in [0.05, 0.1) is 19.3 Å². The maximum atomic E-state index is 11.3. The number of sulfone groups is 1. The first-order valence-electron chi connectivity index (χ1n) is 4.12. The van der Waals surface area contributed by atoms with E-state index in [1.807, 2.05) is 6.07 Å². The molecule has 1 heterocycles. The molecule has 4 nitrogen and oxygen atoms in total. The van der Waals surface area contributed by atoms with E-state index < -0.39 is 14.6 Å². The third kappa shape index (κ3) is 1.02. The molecule has 1 saturated heterocycles. The maximum Gasteiger partial charge on any atom is 0.166 e. The normalized spacial score (nSPS) is 28.6. The highest BCUT2D eigenvalue weighted by Crippen LogP contribution is 2.56. The third-order valence-corrected chi connectivity index (χ3v) is 4.85. The Hall–Kier alpha value is -0.600. The van der Waals surface area contributed by atoms with Gasteiger partial charge in [0.1, 0.15) is 0 Å². The van der Waals surface area contributed by atoms with Gasteiger partial charge in [0.25, 0.3) is 0 Å². The summed E-state index contributed by atoms with van der Waals surface area (Å²) in [5.74, 6) is 0. The maximum absolute atomic E-state index is 11.3. The fourth-order valence-corrected chi connectivity index (χ4v) is 3.48. The minimum absolute atomic E-state index is 0.0127. The summed E-state index contributed by atoms with van der Waals surface area (Å²) in [7, 11) is -3.24. The summed E-state index contributed by atoms with van der Waals surface area (Å²) in [6.45, 7) is 1.23. The number of hydrogen-bond donors (Lipinski definition) is 0. The molecular weight excluding hydrogens is 190 g/mol. The molecule has 0 unspecified atom stereocenters. The molecule has 0 aromatic carbocycles. The van der Waals surface area contributed by atoms with Gasteiger partial charge in [0, 0.05) is 11.7 Å². The first-order valence-corrected chi connectivity index (χ1v) is 6.01. The van der Waals surface area contributed by atoms with Crippen LogP contribution in [-0.4, -0.2) is 32.6 Å². The molecule has 0 aromatic rings. The number of hydrogen-bond acceptors (Lipinski definition) is 4. The van der Waals surface area contributed by atoms with Gasteiger partial charge in [-0.05, 0) is 12.8 Å². The number of nitriles is 1. The summed E-state index contributed by atoms with van der Waals surface area (Å²) in [6, 6.07) is 1.93. The van der Waals surface area contributed by atoms with Crippen molar-refractivity contribution in [2.75, 3.05) is 19.5 Å². The third-order valence-electron chi connectivity index (χ3n) is 3.05. The zero-order chi connectivity index (χ0) is 9.74. The van der Waals surface area contributed by atoms with Gasteiger partial charge in [-0.25, -0.2) is 8.42 Å². The summed E-state index contributed by atoms with van der Waals surface area (Å²) in [5, 5.41) is 8.85. The van der Waals surface area contributed by atoms with Crippen LogP contribution in [0, 0.1) is 16.7 Å². The Morgan fingerprint density at radius 2 is 1.92 bits per heavy atom. The van der Waals surface area contributed by atoms with Crippen LogP contribution in [0.3, 0.4) is 0 Å². The number of ether oxygens (including phenoxy) is 1. The highest BCUT2D eigenvalue weighted by Gasteiger charge is 2.63. The molecule has 0 N–H and O–H groups in total. The summed E-state index contributed by atoms with van der Waals surface area (Å²) >= 11 is 0. The van der Waals surface area contributed by atoms with E-state index in [1.165, 1.54) is 0 Å². The molecule has 0 aromatic heterocycles. The van der Waals surface area contributed by atoms with Gasteiger partial charge in [-0.1, -0.05) is 0 Å². The smallest absolute Gasteiger partial charge is 0.166 e. The molecule has 2 rings (SSSR count). The highest BCUT2D eigenvalue weighted by molar-refractivity contribution is 7.92. The number of nitrogens with zero attached hydrogens (tertiary/aromatic N) is 1. The summed E-state index contributed by atoms with van der Waals surface area (Å²) in [5.41, 5.74) is 0.0127. The predicted octanol–water partition coefficient (Wildman–Crippen LogP) is 0.104. The standard InChI is InChI=1S/C8H11NO3S/c1-13(10,11)8(4-9)2-7(3-8)5-12-6-7/h2-3,5-6H2,1H3. The summed E-state index contributed by atoms with van der Waals surface area (Å²) in [4.78, 5) is 0. The molecule has 5 heteroatoms. The van der Waals surface area contributed by atoms with Crippen LogP contribution in [-0.2, 0) is 14.6 Å². The van der Waals surface area contributed by atoms with Crippen LogP contribution in [0.25, 0.3) is 0 Å². The lowest BCUT2D eigenvalue weighted by molar-refractivity contribution is -0.163. The lowest BCUT2D eigenvalue weighted by Gasteiger charge is -2.56. The van der Waals surface area contributed by atoms with Gasteiger partial charge >= 0.3 is 0 Å². The average Bonchev–Trinajstić information content (AvgIpc) is 1.79. The Balaban J connectivity index is 2.21. The molecule has 1 aliphatic heterocycles. The zero-order valence-corrected chi connectivity index (χ0v) is 8.23. The molecule has 2 fully saturated rings. The lowest BCUT2D eigenvalue weighted by Crippen LogP contribution is -2.63. The van der Waals surface area contributed by atoms with Gasteiger partial charge in [-0.15, -0.1) is 0 Å². The molecule has 13 heavy (non-hydrogen) atoms. The second-order valence-corrected chi connectivity index (χ2v) is 6.55. The van der Waals surface area contributed by atoms with Crippen molar-refractivity contribution in [2.24, 2.45) is 5.41 Å². The van der Waals surface area contributed by atoms with E-state index in [0.717, 1.165) is 6.26 Å². The first kappa shape index (κ1) is 8.97. The van der Waals surface area contributed by atoms with E-state index in [-0.39, 0.29) is 5.41 Å². The van der Waals surface area contributed by atoms with Crippen molar-refractivity contribution in [1.82, 2.24) is 0 Å². The molecule has 1 saturated carbocycles. The SMILES string of the molecule is CS(=O)(=O)C1(C#N)CC2(COC2)C1. The Labute approximate surface area is 77.4 Å². The van der Waals surface area contributed by atoms with Crippen molar-refractivity contribution >= 4 is 9.84 Å². The molecule has 72 valence electrons. The van der Waals surface area contributed by atoms with Crippen LogP contribution >= 0.6 is 0 Å². The fraction of sp³-hybridized carbons (Fsp3) is 0.875. The van der Waals surface area contributed by atoms with Crippen LogP contribution in [0.1, 0.15) is 12.8 Å². The lowest BCUT2D eigenvalue weighted by atomic mass is 9.60. The summed E-state index contributed by atoms with van der Waals surface area (Å²) in [6.07, 6.45) is 2.05. The van der Waals surface area contributed by atoms with Crippen LogP contribution in [0.5, 0.6) is 0 Å². The van der Waals surface area contributed by atoms with Gasteiger partial charge in [0.2, 0.25) is 0 Å². The van der Waals surface area contributed by atoms with Crippen molar-refractivity contribution in [1.29, 1.82) is 5.26 Å². The van der Waals surface area contributed by atoms with Crippen molar-refractivity contribution in [3.05, 3.63) is 0 Å². The minimum atomic E-state index is -3.24. The Morgan fingerprint density at radius 1 is 1.38 bits per heavy atom.